The molecule has 1 aromatic heterocycles. The maximum Gasteiger partial charge on any atom is 0.421 e. The molecule has 1 amide bonds. The van der Waals surface area contributed by atoms with E-state index in [9.17, 15) is 22.8 Å². The van der Waals surface area contributed by atoms with E-state index in [1.807, 2.05) is 45.0 Å². The number of amides is 1. The normalized spacial score (nSPS) is 12.9. The summed E-state index contributed by atoms with van der Waals surface area (Å²) < 4.78 is 39.3. The SMILES string of the molecule is CCc1ccc([C@H](NC(=O)Cn2cccc(C(F)(F)F)c2=O)C(C)C)cc1. The highest BCUT2D eigenvalue weighted by Gasteiger charge is 2.34. The molecule has 0 saturated heterocycles. The van der Waals surface area contributed by atoms with Crippen molar-refractivity contribution < 1.29 is 18.0 Å². The van der Waals surface area contributed by atoms with Crippen LogP contribution in [-0.4, -0.2) is 10.5 Å². The largest absolute Gasteiger partial charge is 0.421 e. The molecule has 1 N–H and O–H groups in total. The summed E-state index contributed by atoms with van der Waals surface area (Å²) in [6.07, 6.45) is -2.67. The smallest absolute Gasteiger partial charge is 0.347 e. The Kier molecular flexibility index (Phi) is 6.46. The van der Waals surface area contributed by atoms with Crippen LogP contribution in [0.5, 0.6) is 0 Å². The molecule has 1 aromatic carbocycles. The van der Waals surface area contributed by atoms with Gasteiger partial charge in [0.25, 0.3) is 5.56 Å². The molecule has 0 saturated carbocycles. The fraction of sp³-hybridized carbons (Fsp3) is 0.400. The van der Waals surface area contributed by atoms with Crippen molar-refractivity contribution in [3.05, 3.63) is 69.6 Å². The first kappa shape index (κ1) is 20.7. The number of carbonyl (C=O) groups excluding carboxylic acids is 1. The minimum atomic E-state index is -4.75. The highest BCUT2D eigenvalue weighted by molar-refractivity contribution is 5.76. The van der Waals surface area contributed by atoms with Crippen LogP contribution in [-0.2, 0) is 23.9 Å². The quantitative estimate of drug-likeness (QED) is 0.825. The van der Waals surface area contributed by atoms with E-state index in [0.29, 0.717) is 6.07 Å². The van der Waals surface area contributed by atoms with E-state index in [0.717, 1.165) is 22.6 Å². The van der Waals surface area contributed by atoms with Gasteiger partial charge in [0.05, 0.1) is 6.04 Å². The lowest BCUT2D eigenvalue weighted by Gasteiger charge is -2.23. The Hall–Kier alpha value is -2.57. The maximum absolute atomic E-state index is 12.9. The topological polar surface area (TPSA) is 51.1 Å². The number of hydrogen-bond acceptors (Lipinski definition) is 2. The standard InChI is InChI=1S/C20H23F3N2O2/c1-4-14-7-9-15(10-8-14)18(13(2)3)24-17(26)12-25-11-5-6-16(19(25)27)20(21,22)23/h5-11,13,18H,4,12H2,1-3H3,(H,24,26)/t18-/m1/s1. The van der Waals surface area contributed by atoms with Gasteiger partial charge >= 0.3 is 6.18 Å². The molecule has 1 atom stereocenters. The number of nitrogens with one attached hydrogen (secondary N) is 1. The molecule has 0 bridgehead atoms. The van der Waals surface area contributed by atoms with Crippen molar-refractivity contribution in [3.8, 4) is 0 Å². The van der Waals surface area contributed by atoms with Gasteiger partial charge in [0.1, 0.15) is 12.1 Å². The average molecular weight is 380 g/mol. The van der Waals surface area contributed by atoms with Crippen LogP contribution in [0.15, 0.2) is 47.4 Å². The lowest BCUT2D eigenvalue weighted by atomic mass is 9.95. The Bertz CT molecular complexity index is 840. The van der Waals surface area contributed by atoms with Gasteiger partial charge in [-0.05, 0) is 35.6 Å². The number of rotatable bonds is 6. The highest BCUT2D eigenvalue weighted by Crippen LogP contribution is 2.26. The Morgan fingerprint density at radius 3 is 2.30 bits per heavy atom. The van der Waals surface area contributed by atoms with Crippen molar-refractivity contribution in [1.82, 2.24) is 9.88 Å². The molecule has 1 heterocycles. The number of aryl methyl sites for hydroxylation is 1. The fourth-order valence-corrected chi connectivity index (χ4v) is 2.85. The molecule has 0 unspecified atom stereocenters. The maximum atomic E-state index is 12.9. The summed E-state index contributed by atoms with van der Waals surface area (Å²) >= 11 is 0. The molecule has 0 aliphatic rings. The van der Waals surface area contributed by atoms with Gasteiger partial charge in [-0.2, -0.15) is 13.2 Å². The van der Waals surface area contributed by atoms with Gasteiger partial charge in [0.2, 0.25) is 5.91 Å². The van der Waals surface area contributed by atoms with Crippen molar-refractivity contribution >= 4 is 5.91 Å². The van der Waals surface area contributed by atoms with Crippen molar-refractivity contribution in [3.63, 3.8) is 0 Å². The van der Waals surface area contributed by atoms with Crippen molar-refractivity contribution in [1.29, 1.82) is 0 Å². The molecule has 4 nitrogen and oxygen atoms in total. The summed E-state index contributed by atoms with van der Waals surface area (Å²) in [5, 5.41) is 2.82. The fourth-order valence-electron chi connectivity index (χ4n) is 2.85. The second-order valence-corrected chi connectivity index (χ2v) is 6.74. The lowest BCUT2D eigenvalue weighted by Crippen LogP contribution is -2.37. The Balaban J connectivity index is 2.18. The minimum absolute atomic E-state index is 0.0691. The van der Waals surface area contributed by atoms with Gasteiger partial charge in [-0.1, -0.05) is 45.0 Å². The van der Waals surface area contributed by atoms with Crippen LogP contribution in [0.25, 0.3) is 0 Å². The summed E-state index contributed by atoms with van der Waals surface area (Å²) in [6, 6.07) is 9.34. The Labute approximate surface area is 156 Å². The minimum Gasteiger partial charge on any atom is -0.347 e. The van der Waals surface area contributed by atoms with Gasteiger partial charge in [-0.3, -0.25) is 9.59 Å². The molecule has 0 aliphatic heterocycles. The molecule has 27 heavy (non-hydrogen) atoms. The Morgan fingerprint density at radius 2 is 1.78 bits per heavy atom. The van der Waals surface area contributed by atoms with Crippen LogP contribution >= 0.6 is 0 Å². The van der Waals surface area contributed by atoms with Crippen LogP contribution in [0.4, 0.5) is 13.2 Å². The van der Waals surface area contributed by atoms with E-state index >= 15 is 0 Å². The third-order valence-electron chi connectivity index (χ3n) is 4.37. The molecule has 146 valence electrons. The summed E-state index contributed by atoms with van der Waals surface area (Å²) in [7, 11) is 0. The lowest BCUT2D eigenvalue weighted by molar-refractivity contribution is -0.139. The number of benzene rings is 1. The van der Waals surface area contributed by atoms with Crippen LogP contribution < -0.4 is 10.9 Å². The first-order chi connectivity index (χ1) is 12.6. The van der Waals surface area contributed by atoms with Crippen molar-refractivity contribution in [2.45, 2.75) is 46.0 Å². The van der Waals surface area contributed by atoms with Crippen LogP contribution in [0.3, 0.4) is 0 Å². The molecule has 0 fully saturated rings. The van der Waals surface area contributed by atoms with Gasteiger partial charge in [-0.25, -0.2) is 0 Å². The molecule has 0 aliphatic carbocycles. The van der Waals surface area contributed by atoms with Gasteiger partial charge in [-0.15, -0.1) is 0 Å². The summed E-state index contributed by atoms with van der Waals surface area (Å²) in [6.45, 7) is 5.45. The number of nitrogens with zero attached hydrogens (tertiary/aromatic N) is 1. The average Bonchev–Trinajstić information content (AvgIpc) is 2.60. The number of alkyl halides is 3. The van der Waals surface area contributed by atoms with Gasteiger partial charge < -0.3 is 9.88 Å². The van der Waals surface area contributed by atoms with Crippen LogP contribution in [0, 0.1) is 5.92 Å². The molecule has 0 spiro atoms. The molecule has 0 radical (unpaired) electrons. The molecular formula is C20H23F3N2O2. The molecule has 7 heteroatoms. The van der Waals surface area contributed by atoms with E-state index in [1.54, 1.807) is 0 Å². The van der Waals surface area contributed by atoms with Crippen LogP contribution in [0.1, 0.15) is 43.5 Å². The van der Waals surface area contributed by atoms with Gasteiger partial charge in [0, 0.05) is 6.20 Å². The van der Waals surface area contributed by atoms with E-state index in [2.05, 4.69) is 5.32 Å². The second kappa shape index (κ2) is 8.41. The number of hydrogen-bond donors (Lipinski definition) is 1. The zero-order valence-corrected chi connectivity index (χ0v) is 15.5. The summed E-state index contributed by atoms with van der Waals surface area (Å²) in [5.74, 6) is -0.450. The zero-order chi connectivity index (χ0) is 20.2. The van der Waals surface area contributed by atoms with Crippen LogP contribution in [0.2, 0.25) is 0 Å². The number of pyridine rings is 1. The zero-order valence-electron chi connectivity index (χ0n) is 15.5. The van der Waals surface area contributed by atoms with E-state index in [-0.39, 0.29) is 12.0 Å². The monoisotopic (exact) mass is 380 g/mol. The molecule has 2 aromatic rings. The first-order valence-corrected chi connectivity index (χ1v) is 8.78. The number of aromatic nitrogens is 1. The van der Waals surface area contributed by atoms with Gasteiger partial charge in [0.15, 0.2) is 0 Å². The third-order valence-corrected chi connectivity index (χ3v) is 4.37. The molecule has 2 rings (SSSR count). The molecular weight excluding hydrogens is 357 g/mol. The summed E-state index contributed by atoms with van der Waals surface area (Å²) in [4.78, 5) is 24.4. The first-order valence-electron chi connectivity index (χ1n) is 8.78. The van der Waals surface area contributed by atoms with E-state index in [4.69, 9.17) is 0 Å². The van der Waals surface area contributed by atoms with Crippen molar-refractivity contribution in [2.75, 3.05) is 0 Å². The number of halogens is 3. The predicted molar refractivity (Wildman–Crippen MR) is 97.2 cm³/mol. The van der Waals surface area contributed by atoms with Crippen molar-refractivity contribution in [2.24, 2.45) is 5.92 Å². The highest BCUT2D eigenvalue weighted by atomic mass is 19.4. The predicted octanol–water partition coefficient (Wildman–Crippen LogP) is 3.94. The Morgan fingerprint density at radius 1 is 1.15 bits per heavy atom. The van der Waals surface area contributed by atoms with E-state index < -0.39 is 29.8 Å². The second-order valence-electron chi connectivity index (χ2n) is 6.74. The summed E-state index contributed by atoms with van der Waals surface area (Å²) in [5.41, 5.74) is -0.433. The van der Waals surface area contributed by atoms with E-state index in [1.165, 1.54) is 11.8 Å². The third kappa shape index (κ3) is 5.21. The number of carbonyl (C=O) groups is 1.